The van der Waals surface area contributed by atoms with Crippen molar-refractivity contribution in [2.45, 2.75) is 31.5 Å². The summed E-state index contributed by atoms with van der Waals surface area (Å²) in [5, 5.41) is 0. The summed E-state index contributed by atoms with van der Waals surface area (Å²) in [6.45, 7) is 0.939. The molecule has 2 aromatic rings. The summed E-state index contributed by atoms with van der Waals surface area (Å²) >= 11 is 0. The summed E-state index contributed by atoms with van der Waals surface area (Å²) in [4.78, 5) is 11.2. The number of halogens is 3. The molecule has 0 radical (unpaired) electrons. The number of hydrogen-bond acceptors (Lipinski definition) is 2. The van der Waals surface area contributed by atoms with Crippen LogP contribution in [-0.4, -0.2) is 12.9 Å². The number of ether oxygens (including phenoxy) is 1. The van der Waals surface area contributed by atoms with Gasteiger partial charge in [0, 0.05) is 12.5 Å². The van der Waals surface area contributed by atoms with Crippen LogP contribution in [0.4, 0.5) is 13.2 Å². The van der Waals surface area contributed by atoms with Gasteiger partial charge < -0.3 is 9.53 Å². The molecule has 0 bridgehead atoms. The summed E-state index contributed by atoms with van der Waals surface area (Å²) in [5.41, 5.74) is 0.720. The Hall–Kier alpha value is -2.14. The predicted molar refractivity (Wildman–Crippen MR) is 85.6 cm³/mol. The van der Waals surface area contributed by atoms with Crippen molar-refractivity contribution in [3.8, 4) is 0 Å². The van der Waals surface area contributed by atoms with E-state index in [9.17, 15) is 18.0 Å². The number of carbonyl (C=O) groups is 1. The van der Waals surface area contributed by atoms with E-state index in [1.165, 1.54) is 6.07 Å². The van der Waals surface area contributed by atoms with E-state index >= 15 is 0 Å². The van der Waals surface area contributed by atoms with Crippen LogP contribution in [0, 0.1) is 0 Å². The van der Waals surface area contributed by atoms with Crippen molar-refractivity contribution >= 4 is 6.29 Å². The molecule has 0 aliphatic rings. The van der Waals surface area contributed by atoms with Gasteiger partial charge in [-0.1, -0.05) is 48.5 Å². The van der Waals surface area contributed by atoms with E-state index in [2.05, 4.69) is 0 Å². The minimum Gasteiger partial charge on any atom is -0.377 e. The molecule has 0 fully saturated rings. The Balaban J connectivity index is 1.83. The van der Waals surface area contributed by atoms with E-state index in [-0.39, 0.29) is 0 Å². The Morgan fingerprint density at radius 2 is 1.79 bits per heavy atom. The molecule has 0 amide bonds. The molecule has 128 valence electrons. The largest absolute Gasteiger partial charge is 0.416 e. The topological polar surface area (TPSA) is 26.3 Å². The van der Waals surface area contributed by atoms with E-state index in [0.29, 0.717) is 37.9 Å². The van der Waals surface area contributed by atoms with Crippen LogP contribution in [0.2, 0.25) is 0 Å². The van der Waals surface area contributed by atoms with Gasteiger partial charge in [0.05, 0.1) is 12.2 Å². The summed E-state index contributed by atoms with van der Waals surface area (Å²) < 4.78 is 43.8. The zero-order valence-corrected chi connectivity index (χ0v) is 13.1. The number of aldehydes is 1. The molecular weight excluding hydrogens is 317 g/mol. The van der Waals surface area contributed by atoms with E-state index in [1.54, 1.807) is 6.07 Å². The minimum absolute atomic E-state index is 0.392. The van der Waals surface area contributed by atoms with Crippen molar-refractivity contribution in [3.05, 3.63) is 71.3 Å². The number of carbonyl (C=O) groups excluding carboxylic acids is 1. The fourth-order valence-corrected chi connectivity index (χ4v) is 2.43. The Labute approximate surface area is 139 Å². The zero-order chi connectivity index (χ0) is 17.4. The van der Waals surface area contributed by atoms with Crippen molar-refractivity contribution in [2.24, 2.45) is 0 Å². The van der Waals surface area contributed by atoms with E-state index in [4.69, 9.17) is 4.74 Å². The number of alkyl halides is 3. The average Bonchev–Trinajstić information content (AvgIpc) is 2.58. The SMILES string of the molecule is O=CC(CCCOCc1ccccc1)c1cccc(C(F)(F)F)c1. The molecule has 1 atom stereocenters. The zero-order valence-electron chi connectivity index (χ0n) is 13.1. The van der Waals surface area contributed by atoms with Crippen LogP contribution in [0.5, 0.6) is 0 Å². The smallest absolute Gasteiger partial charge is 0.377 e. The maximum Gasteiger partial charge on any atom is 0.416 e. The summed E-state index contributed by atoms with van der Waals surface area (Å²) in [6, 6.07) is 14.6. The highest BCUT2D eigenvalue weighted by molar-refractivity contribution is 5.62. The highest BCUT2D eigenvalue weighted by Gasteiger charge is 2.30. The van der Waals surface area contributed by atoms with Crippen LogP contribution in [0.25, 0.3) is 0 Å². The molecule has 5 heteroatoms. The lowest BCUT2D eigenvalue weighted by molar-refractivity contribution is -0.137. The highest BCUT2D eigenvalue weighted by atomic mass is 19.4. The van der Waals surface area contributed by atoms with Gasteiger partial charge in [-0.15, -0.1) is 0 Å². The molecule has 0 heterocycles. The fourth-order valence-electron chi connectivity index (χ4n) is 2.43. The number of rotatable bonds is 8. The Morgan fingerprint density at radius 1 is 1.04 bits per heavy atom. The van der Waals surface area contributed by atoms with E-state index < -0.39 is 17.7 Å². The monoisotopic (exact) mass is 336 g/mol. The highest BCUT2D eigenvalue weighted by Crippen LogP contribution is 2.31. The molecule has 0 saturated carbocycles. The van der Waals surface area contributed by atoms with Crippen LogP contribution >= 0.6 is 0 Å². The van der Waals surface area contributed by atoms with Crippen LogP contribution in [0.3, 0.4) is 0 Å². The molecular formula is C19H19F3O2. The second kappa shape index (κ2) is 8.64. The van der Waals surface area contributed by atoms with Crippen molar-refractivity contribution in [3.63, 3.8) is 0 Å². The molecule has 24 heavy (non-hydrogen) atoms. The normalized spacial score (nSPS) is 12.8. The Kier molecular flexibility index (Phi) is 6.55. The van der Waals surface area contributed by atoms with Gasteiger partial charge in [0.15, 0.2) is 0 Å². The van der Waals surface area contributed by atoms with Gasteiger partial charge in [0.1, 0.15) is 6.29 Å². The lowest BCUT2D eigenvalue weighted by Gasteiger charge is -2.13. The maximum absolute atomic E-state index is 12.7. The maximum atomic E-state index is 12.7. The van der Waals surface area contributed by atoms with Crippen LogP contribution in [0.15, 0.2) is 54.6 Å². The van der Waals surface area contributed by atoms with E-state index in [0.717, 1.165) is 17.7 Å². The summed E-state index contributed by atoms with van der Waals surface area (Å²) in [5.74, 6) is -0.548. The first-order valence-electron chi connectivity index (χ1n) is 7.75. The fraction of sp³-hybridized carbons (Fsp3) is 0.316. The third-order valence-electron chi connectivity index (χ3n) is 3.72. The third-order valence-corrected chi connectivity index (χ3v) is 3.72. The summed E-state index contributed by atoms with van der Waals surface area (Å²) in [7, 11) is 0. The van der Waals surface area contributed by atoms with Gasteiger partial charge in [0.2, 0.25) is 0 Å². The predicted octanol–water partition coefficient (Wildman–Crippen LogP) is 4.98. The first-order valence-corrected chi connectivity index (χ1v) is 7.75. The van der Waals surface area contributed by atoms with Gasteiger partial charge >= 0.3 is 6.18 Å². The third kappa shape index (κ3) is 5.49. The van der Waals surface area contributed by atoms with Crippen LogP contribution < -0.4 is 0 Å². The molecule has 0 N–H and O–H groups in total. The molecule has 2 aromatic carbocycles. The molecule has 0 spiro atoms. The van der Waals surface area contributed by atoms with Gasteiger partial charge in [0.25, 0.3) is 0 Å². The van der Waals surface area contributed by atoms with Gasteiger partial charge in [-0.25, -0.2) is 0 Å². The van der Waals surface area contributed by atoms with Crippen LogP contribution in [-0.2, 0) is 22.3 Å². The molecule has 1 unspecified atom stereocenters. The van der Waals surface area contributed by atoms with Gasteiger partial charge in [-0.2, -0.15) is 13.2 Å². The quantitative estimate of drug-likeness (QED) is 0.502. The molecule has 0 aliphatic carbocycles. The first-order chi connectivity index (χ1) is 11.5. The molecule has 2 nitrogen and oxygen atoms in total. The first kappa shape index (κ1) is 18.2. The lowest BCUT2D eigenvalue weighted by Crippen LogP contribution is -2.08. The van der Waals surface area contributed by atoms with Crippen LogP contribution in [0.1, 0.15) is 35.4 Å². The minimum atomic E-state index is -4.40. The lowest BCUT2D eigenvalue weighted by atomic mass is 9.94. The Bertz CT molecular complexity index is 639. The van der Waals surface area contributed by atoms with Crippen molar-refractivity contribution in [1.29, 1.82) is 0 Å². The van der Waals surface area contributed by atoms with E-state index in [1.807, 2.05) is 30.3 Å². The van der Waals surface area contributed by atoms with Crippen molar-refractivity contribution in [2.75, 3.05) is 6.61 Å². The number of benzene rings is 2. The second-order valence-corrected chi connectivity index (χ2v) is 5.55. The second-order valence-electron chi connectivity index (χ2n) is 5.55. The molecule has 0 aliphatic heterocycles. The van der Waals surface area contributed by atoms with Gasteiger partial charge in [-0.05, 0) is 30.0 Å². The van der Waals surface area contributed by atoms with Gasteiger partial charge in [-0.3, -0.25) is 0 Å². The molecule has 2 rings (SSSR count). The summed E-state index contributed by atoms with van der Waals surface area (Å²) in [6.07, 6.45) is -2.64. The molecule has 0 saturated heterocycles. The Morgan fingerprint density at radius 3 is 2.46 bits per heavy atom. The average molecular weight is 336 g/mol. The standard InChI is InChI=1S/C19H19F3O2/c20-19(21,22)18-10-4-8-16(12-18)17(13-23)9-5-11-24-14-15-6-2-1-3-7-15/h1-4,6-8,10,12-13,17H,5,9,11,14H2. The number of hydrogen-bond donors (Lipinski definition) is 0. The van der Waals surface area contributed by atoms with Crippen molar-refractivity contribution in [1.82, 2.24) is 0 Å². The van der Waals surface area contributed by atoms with Crippen molar-refractivity contribution < 1.29 is 22.7 Å². The molecule has 0 aromatic heterocycles.